The molecule has 134 valence electrons. The van der Waals surface area contributed by atoms with Crippen molar-refractivity contribution in [2.75, 3.05) is 29.7 Å². The summed E-state index contributed by atoms with van der Waals surface area (Å²) in [5, 5.41) is 0. The molecule has 1 aromatic carbocycles. The molecule has 1 aromatic rings. The average Bonchev–Trinajstić information content (AvgIpc) is 2.56. The van der Waals surface area contributed by atoms with Gasteiger partial charge in [0.2, 0.25) is 20.0 Å². The van der Waals surface area contributed by atoms with Gasteiger partial charge in [-0.15, -0.1) is 0 Å². The molecule has 2 saturated heterocycles. The van der Waals surface area contributed by atoms with Crippen molar-refractivity contribution in [1.29, 1.82) is 0 Å². The summed E-state index contributed by atoms with van der Waals surface area (Å²) in [6.45, 7) is 3.24. The van der Waals surface area contributed by atoms with Crippen LogP contribution in [0.1, 0.15) is 37.7 Å². The van der Waals surface area contributed by atoms with Gasteiger partial charge in [0.05, 0.1) is 16.3 Å². The Morgan fingerprint density at radius 2 is 1.62 bits per heavy atom. The molecule has 24 heavy (non-hydrogen) atoms. The number of aryl methyl sites for hydroxylation is 1. The monoisotopic (exact) mass is 372 g/mol. The van der Waals surface area contributed by atoms with Crippen molar-refractivity contribution in [3.05, 3.63) is 23.8 Å². The van der Waals surface area contributed by atoms with Crippen LogP contribution in [0, 0.1) is 6.92 Å². The van der Waals surface area contributed by atoms with E-state index in [0.717, 1.165) is 25.7 Å². The third-order valence-electron chi connectivity index (χ3n) is 4.74. The molecule has 0 radical (unpaired) electrons. The van der Waals surface area contributed by atoms with E-state index in [9.17, 15) is 16.8 Å². The van der Waals surface area contributed by atoms with Crippen LogP contribution in [-0.2, 0) is 20.0 Å². The molecule has 0 atom stereocenters. The molecule has 0 spiro atoms. The van der Waals surface area contributed by atoms with Gasteiger partial charge in [-0.25, -0.2) is 16.8 Å². The Labute approximate surface area is 144 Å². The first kappa shape index (κ1) is 17.7. The minimum atomic E-state index is -3.58. The van der Waals surface area contributed by atoms with E-state index < -0.39 is 20.0 Å². The first-order chi connectivity index (χ1) is 11.3. The third-order valence-corrected chi connectivity index (χ3v) is 8.65. The Morgan fingerprint density at radius 3 is 2.29 bits per heavy atom. The smallest absolute Gasteiger partial charge is 0.243 e. The highest BCUT2D eigenvalue weighted by Crippen LogP contribution is 2.30. The zero-order chi connectivity index (χ0) is 17.4. The quantitative estimate of drug-likeness (QED) is 0.814. The molecule has 2 fully saturated rings. The van der Waals surface area contributed by atoms with Crippen molar-refractivity contribution in [1.82, 2.24) is 4.31 Å². The van der Waals surface area contributed by atoms with E-state index in [2.05, 4.69) is 0 Å². The first-order valence-electron chi connectivity index (χ1n) is 8.43. The number of sulfonamides is 2. The molecule has 0 N–H and O–H groups in total. The standard InChI is InChI=1S/C16H24N2O4S2/c1-14-7-8-15(18-11-5-6-12-23(18,19)20)13-16(14)24(21,22)17-9-3-2-4-10-17/h7-8,13H,2-6,9-12H2,1H3. The minimum absolute atomic E-state index is 0.120. The minimum Gasteiger partial charge on any atom is -0.270 e. The average molecular weight is 373 g/mol. The fourth-order valence-corrected chi connectivity index (χ4v) is 6.74. The molecular weight excluding hydrogens is 348 g/mol. The van der Waals surface area contributed by atoms with Crippen molar-refractivity contribution < 1.29 is 16.8 Å². The highest BCUT2D eigenvalue weighted by atomic mass is 32.2. The van der Waals surface area contributed by atoms with Gasteiger partial charge in [0, 0.05) is 19.6 Å². The Morgan fingerprint density at radius 1 is 0.958 bits per heavy atom. The summed E-state index contributed by atoms with van der Waals surface area (Å²) < 4.78 is 53.4. The number of piperidine rings is 1. The van der Waals surface area contributed by atoms with Crippen molar-refractivity contribution >= 4 is 25.7 Å². The van der Waals surface area contributed by atoms with Crippen LogP contribution in [-0.4, -0.2) is 46.5 Å². The van der Waals surface area contributed by atoms with Crippen LogP contribution in [0.5, 0.6) is 0 Å². The van der Waals surface area contributed by atoms with Crippen molar-refractivity contribution in [2.24, 2.45) is 0 Å². The van der Waals surface area contributed by atoms with Crippen LogP contribution in [0.2, 0.25) is 0 Å². The molecule has 0 aromatic heterocycles. The number of nitrogens with zero attached hydrogens (tertiary/aromatic N) is 2. The van der Waals surface area contributed by atoms with Gasteiger partial charge < -0.3 is 0 Å². The number of hydrogen-bond acceptors (Lipinski definition) is 4. The van der Waals surface area contributed by atoms with Gasteiger partial charge in [-0.2, -0.15) is 4.31 Å². The number of anilines is 1. The molecule has 0 saturated carbocycles. The van der Waals surface area contributed by atoms with Gasteiger partial charge in [0.15, 0.2) is 0 Å². The van der Waals surface area contributed by atoms with E-state index in [4.69, 9.17) is 0 Å². The summed E-state index contributed by atoms with van der Waals surface area (Å²) in [7, 11) is -6.93. The third kappa shape index (κ3) is 3.32. The number of rotatable bonds is 3. The van der Waals surface area contributed by atoms with Gasteiger partial charge in [0.25, 0.3) is 0 Å². The molecule has 3 rings (SSSR count). The topological polar surface area (TPSA) is 74.8 Å². The second-order valence-electron chi connectivity index (χ2n) is 6.51. The molecular formula is C16H24N2O4S2. The molecule has 2 heterocycles. The van der Waals surface area contributed by atoms with Gasteiger partial charge in [-0.3, -0.25) is 4.31 Å². The van der Waals surface area contributed by atoms with Gasteiger partial charge >= 0.3 is 0 Å². The van der Waals surface area contributed by atoms with E-state index in [1.165, 1.54) is 14.7 Å². The largest absolute Gasteiger partial charge is 0.270 e. The zero-order valence-corrected chi connectivity index (χ0v) is 15.6. The first-order valence-corrected chi connectivity index (χ1v) is 11.5. The van der Waals surface area contributed by atoms with Gasteiger partial charge in [-0.1, -0.05) is 12.5 Å². The fraction of sp³-hybridized carbons (Fsp3) is 0.625. The maximum atomic E-state index is 13.0. The molecule has 0 amide bonds. The van der Waals surface area contributed by atoms with Crippen LogP contribution < -0.4 is 4.31 Å². The summed E-state index contributed by atoms with van der Waals surface area (Å²) in [5.41, 5.74) is 1.11. The Balaban J connectivity index is 2.00. The lowest BCUT2D eigenvalue weighted by Gasteiger charge is -2.30. The predicted octanol–water partition coefficient (Wildman–Crippen LogP) is 2.10. The Kier molecular flexibility index (Phi) is 4.90. The molecule has 2 aliphatic rings. The van der Waals surface area contributed by atoms with Gasteiger partial charge in [-0.05, 0) is 50.3 Å². The number of benzene rings is 1. The van der Waals surface area contributed by atoms with E-state index in [1.54, 1.807) is 19.1 Å². The van der Waals surface area contributed by atoms with E-state index in [1.807, 2.05) is 0 Å². The van der Waals surface area contributed by atoms with Crippen LogP contribution in [0.3, 0.4) is 0 Å². The Bertz CT molecular complexity index is 812. The van der Waals surface area contributed by atoms with E-state index in [-0.39, 0.29) is 10.6 Å². The highest BCUT2D eigenvalue weighted by Gasteiger charge is 2.30. The summed E-state index contributed by atoms with van der Waals surface area (Å²) in [4.78, 5) is 0.225. The zero-order valence-electron chi connectivity index (χ0n) is 13.9. The summed E-state index contributed by atoms with van der Waals surface area (Å²) in [5.74, 6) is 0.120. The lowest BCUT2D eigenvalue weighted by molar-refractivity contribution is 0.346. The lowest BCUT2D eigenvalue weighted by atomic mass is 10.2. The van der Waals surface area contributed by atoms with Crippen molar-refractivity contribution in [3.63, 3.8) is 0 Å². The van der Waals surface area contributed by atoms with Crippen LogP contribution in [0.25, 0.3) is 0 Å². The van der Waals surface area contributed by atoms with Crippen molar-refractivity contribution in [2.45, 2.75) is 43.9 Å². The molecule has 2 aliphatic heterocycles. The Hall–Kier alpha value is -1.12. The van der Waals surface area contributed by atoms with E-state index >= 15 is 0 Å². The van der Waals surface area contributed by atoms with Gasteiger partial charge in [0.1, 0.15) is 0 Å². The molecule has 0 unspecified atom stereocenters. The highest BCUT2D eigenvalue weighted by molar-refractivity contribution is 7.92. The van der Waals surface area contributed by atoms with Crippen LogP contribution >= 0.6 is 0 Å². The second-order valence-corrected chi connectivity index (χ2v) is 10.4. The predicted molar refractivity (Wildman–Crippen MR) is 94.2 cm³/mol. The summed E-state index contributed by atoms with van der Waals surface area (Å²) in [6.07, 6.45) is 4.25. The maximum Gasteiger partial charge on any atom is 0.243 e. The van der Waals surface area contributed by atoms with E-state index in [0.29, 0.717) is 37.3 Å². The van der Waals surface area contributed by atoms with Crippen LogP contribution in [0.4, 0.5) is 5.69 Å². The molecule has 6 nitrogen and oxygen atoms in total. The summed E-state index contributed by atoms with van der Waals surface area (Å²) in [6, 6.07) is 4.94. The fourth-order valence-electron chi connectivity index (χ4n) is 3.35. The van der Waals surface area contributed by atoms with Crippen molar-refractivity contribution in [3.8, 4) is 0 Å². The van der Waals surface area contributed by atoms with Crippen LogP contribution in [0.15, 0.2) is 23.1 Å². The molecule has 8 heteroatoms. The molecule has 0 aliphatic carbocycles. The molecule has 0 bridgehead atoms. The maximum absolute atomic E-state index is 13.0. The SMILES string of the molecule is Cc1ccc(N2CCCCS2(=O)=O)cc1S(=O)(=O)N1CCCCC1. The lowest BCUT2D eigenvalue weighted by Crippen LogP contribution is -2.38. The summed E-state index contributed by atoms with van der Waals surface area (Å²) >= 11 is 0. The number of hydrogen-bond donors (Lipinski definition) is 0. The normalized spacial score (nSPS) is 22.5. The second kappa shape index (κ2) is 6.65.